The summed E-state index contributed by atoms with van der Waals surface area (Å²) in [4.78, 5) is 2.30. The molecule has 2 aliphatic rings. The van der Waals surface area contributed by atoms with Gasteiger partial charge in [-0.25, -0.2) is 0 Å². The topological polar surface area (TPSA) is 3.24 Å². The molecule has 0 aromatic heterocycles. The lowest BCUT2D eigenvalue weighted by Gasteiger charge is -2.21. The van der Waals surface area contributed by atoms with Gasteiger partial charge in [-0.1, -0.05) is 6.58 Å². The third-order valence-corrected chi connectivity index (χ3v) is 3.29. The Morgan fingerprint density at radius 3 is 3.27 bits per heavy atom. The summed E-state index contributed by atoms with van der Waals surface area (Å²) in [6.07, 6.45) is 4.22. The van der Waals surface area contributed by atoms with Crippen molar-refractivity contribution in [3.63, 3.8) is 0 Å². The van der Waals surface area contributed by atoms with Crippen LogP contribution in [0, 0.1) is 0 Å². The summed E-state index contributed by atoms with van der Waals surface area (Å²) in [5.41, 5.74) is 2.50. The van der Waals surface area contributed by atoms with Gasteiger partial charge in [0.05, 0.1) is 5.03 Å². The van der Waals surface area contributed by atoms with E-state index in [9.17, 15) is 0 Å². The van der Waals surface area contributed by atoms with E-state index in [1.165, 1.54) is 16.4 Å². The van der Waals surface area contributed by atoms with Crippen molar-refractivity contribution in [1.29, 1.82) is 0 Å². The maximum absolute atomic E-state index is 3.97. The van der Waals surface area contributed by atoms with Crippen molar-refractivity contribution in [3.05, 3.63) is 35.0 Å². The van der Waals surface area contributed by atoms with Gasteiger partial charge in [0.1, 0.15) is 0 Å². The van der Waals surface area contributed by atoms with Crippen LogP contribution < -0.4 is 0 Å². The lowest BCUT2D eigenvalue weighted by atomic mass is 10.1. The largest absolute Gasteiger partial charge is 0.342 e. The Balaban J connectivity index is 2.41. The molecule has 0 amide bonds. The molecule has 0 aromatic rings. The molecule has 2 aliphatic heterocycles. The van der Waals surface area contributed by atoms with Crippen LogP contribution in [0.1, 0.15) is 6.92 Å². The van der Waals surface area contributed by atoms with Crippen LogP contribution in [-0.2, 0) is 0 Å². The third kappa shape index (κ3) is 1.02. The molecule has 0 N–H and O–H groups in total. The van der Waals surface area contributed by atoms with Crippen LogP contribution in [0.15, 0.2) is 35.0 Å². The van der Waals surface area contributed by atoms with Crippen molar-refractivity contribution >= 4 is 11.8 Å². The second kappa shape index (κ2) is 2.45. The first-order valence-electron chi connectivity index (χ1n) is 3.77. The Morgan fingerprint density at radius 1 is 1.64 bits per heavy atom. The molecular weight excluding hydrogens is 154 g/mol. The summed E-state index contributed by atoms with van der Waals surface area (Å²) in [5, 5.41) is 1.40. The summed E-state index contributed by atoms with van der Waals surface area (Å²) in [5.74, 6) is 1.21. The number of nitrogens with zero attached hydrogens (tertiary/aromatic N) is 1. The third-order valence-electron chi connectivity index (χ3n) is 2.09. The average Bonchev–Trinajstić information content (AvgIpc) is 2.45. The molecule has 0 aliphatic carbocycles. The highest BCUT2D eigenvalue weighted by Crippen LogP contribution is 2.35. The molecule has 1 saturated heterocycles. The number of fused-ring (bicyclic) bond motifs is 1. The highest BCUT2D eigenvalue weighted by atomic mass is 32.2. The van der Waals surface area contributed by atoms with Gasteiger partial charge in [-0.3, -0.25) is 0 Å². The van der Waals surface area contributed by atoms with Crippen LogP contribution in [0.25, 0.3) is 0 Å². The maximum atomic E-state index is 3.97. The minimum atomic E-state index is 1.15. The van der Waals surface area contributed by atoms with E-state index in [1.54, 1.807) is 0 Å². The van der Waals surface area contributed by atoms with Gasteiger partial charge < -0.3 is 4.90 Å². The Labute approximate surface area is 71.5 Å². The van der Waals surface area contributed by atoms with Gasteiger partial charge in [-0.05, 0) is 24.1 Å². The first-order valence-corrected chi connectivity index (χ1v) is 4.75. The summed E-state index contributed by atoms with van der Waals surface area (Å²) < 4.78 is 0. The Morgan fingerprint density at radius 2 is 2.45 bits per heavy atom. The fraction of sp³-hybridized carbons (Fsp3) is 0.333. The van der Waals surface area contributed by atoms with E-state index in [2.05, 4.69) is 30.7 Å². The van der Waals surface area contributed by atoms with E-state index < -0.39 is 0 Å². The van der Waals surface area contributed by atoms with Crippen molar-refractivity contribution in [1.82, 2.24) is 4.90 Å². The average molecular weight is 165 g/mol. The van der Waals surface area contributed by atoms with Gasteiger partial charge in [-0.15, -0.1) is 11.8 Å². The number of rotatable bonds is 0. The van der Waals surface area contributed by atoms with Crippen molar-refractivity contribution < 1.29 is 0 Å². The van der Waals surface area contributed by atoms with E-state index in [4.69, 9.17) is 0 Å². The predicted octanol–water partition coefficient (Wildman–Crippen LogP) is 2.35. The minimum Gasteiger partial charge on any atom is -0.342 e. The van der Waals surface area contributed by atoms with Crippen LogP contribution in [0.3, 0.4) is 0 Å². The lowest BCUT2D eigenvalue weighted by molar-refractivity contribution is 0.537. The molecule has 0 spiro atoms. The van der Waals surface area contributed by atoms with Crippen LogP contribution in [0.4, 0.5) is 0 Å². The van der Waals surface area contributed by atoms with Gasteiger partial charge >= 0.3 is 0 Å². The van der Waals surface area contributed by atoms with E-state index >= 15 is 0 Å². The quantitative estimate of drug-likeness (QED) is 0.542. The predicted molar refractivity (Wildman–Crippen MR) is 50.1 cm³/mol. The Bertz CT molecular complexity index is 263. The van der Waals surface area contributed by atoms with Crippen LogP contribution in [0.5, 0.6) is 0 Å². The minimum absolute atomic E-state index is 1.15. The first-order chi connectivity index (χ1) is 5.29. The molecule has 0 atom stereocenters. The molecule has 0 radical (unpaired) electrons. The van der Waals surface area contributed by atoms with E-state index in [0.29, 0.717) is 0 Å². The molecule has 0 unspecified atom stereocenters. The van der Waals surface area contributed by atoms with Crippen molar-refractivity contribution in [2.24, 2.45) is 0 Å². The molecular formula is C9H11NS. The first kappa shape index (κ1) is 7.04. The second-order valence-corrected chi connectivity index (χ2v) is 3.90. The Hall–Kier alpha value is -0.630. The van der Waals surface area contributed by atoms with Gasteiger partial charge in [0.2, 0.25) is 0 Å². The highest BCUT2D eigenvalue weighted by molar-refractivity contribution is 8.03. The second-order valence-electron chi connectivity index (χ2n) is 2.81. The molecule has 2 heterocycles. The highest BCUT2D eigenvalue weighted by Gasteiger charge is 2.21. The molecule has 2 rings (SSSR count). The number of thioether (sulfide) groups is 1. The van der Waals surface area contributed by atoms with Crippen LogP contribution in [-0.4, -0.2) is 17.2 Å². The zero-order valence-electron chi connectivity index (χ0n) is 6.63. The SMILES string of the molecule is C=C1C=CN2CCSC2=C1C. The lowest BCUT2D eigenvalue weighted by Crippen LogP contribution is -2.14. The number of allylic oxidation sites excluding steroid dienone is 3. The molecule has 11 heavy (non-hydrogen) atoms. The van der Waals surface area contributed by atoms with E-state index in [1.807, 2.05) is 11.8 Å². The van der Waals surface area contributed by atoms with Gasteiger partial charge in [0.25, 0.3) is 0 Å². The molecule has 1 fully saturated rings. The molecule has 0 bridgehead atoms. The number of hydrogen-bond donors (Lipinski definition) is 0. The molecule has 58 valence electrons. The fourth-order valence-electron chi connectivity index (χ4n) is 1.33. The standard InChI is InChI=1S/C9H11NS/c1-7-3-4-10-5-6-11-9(10)8(7)2/h3-4H,1,5-6H2,2H3. The zero-order chi connectivity index (χ0) is 7.84. The Kier molecular flexibility index (Phi) is 1.57. The molecule has 0 saturated carbocycles. The zero-order valence-corrected chi connectivity index (χ0v) is 7.45. The fourth-order valence-corrected chi connectivity index (χ4v) is 2.48. The summed E-state index contributed by atoms with van der Waals surface area (Å²) in [7, 11) is 0. The van der Waals surface area contributed by atoms with Crippen LogP contribution in [0.2, 0.25) is 0 Å². The summed E-state index contributed by atoms with van der Waals surface area (Å²) in [6.45, 7) is 7.27. The summed E-state index contributed by atoms with van der Waals surface area (Å²) in [6, 6.07) is 0. The molecule has 1 nitrogen and oxygen atoms in total. The smallest absolute Gasteiger partial charge is 0.0783 e. The summed E-state index contributed by atoms with van der Waals surface area (Å²) >= 11 is 1.93. The van der Waals surface area contributed by atoms with Gasteiger partial charge in [0.15, 0.2) is 0 Å². The van der Waals surface area contributed by atoms with Gasteiger partial charge in [0, 0.05) is 18.5 Å². The van der Waals surface area contributed by atoms with Crippen molar-refractivity contribution in [3.8, 4) is 0 Å². The van der Waals surface area contributed by atoms with Gasteiger partial charge in [-0.2, -0.15) is 0 Å². The van der Waals surface area contributed by atoms with E-state index in [0.717, 1.165) is 12.1 Å². The monoisotopic (exact) mass is 165 g/mol. The molecule has 2 heteroatoms. The normalized spacial score (nSPS) is 23.0. The van der Waals surface area contributed by atoms with E-state index in [-0.39, 0.29) is 0 Å². The van der Waals surface area contributed by atoms with Crippen molar-refractivity contribution in [2.75, 3.05) is 12.3 Å². The van der Waals surface area contributed by atoms with Crippen molar-refractivity contribution in [2.45, 2.75) is 6.92 Å². The van der Waals surface area contributed by atoms with Crippen LogP contribution >= 0.6 is 11.8 Å². The number of hydrogen-bond acceptors (Lipinski definition) is 2. The molecule has 0 aromatic carbocycles. The maximum Gasteiger partial charge on any atom is 0.0783 e.